The minimum Gasteiger partial charge on any atom is -0.481 e. The molecule has 0 heterocycles. The fraction of sp³-hybridized carbons (Fsp3) is 0.500. The van der Waals surface area contributed by atoms with Crippen molar-refractivity contribution in [3.8, 4) is 0 Å². The van der Waals surface area contributed by atoms with Gasteiger partial charge in [0, 0.05) is 0 Å². The summed E-state index contributed by atoms with van der Waals surface area (Å²) in [5.74, 6) is -5.07. The molecule has 1 rings (SSSR count). The molecular formula is C40H56O10. The molecule has 0 spiro atoms. The van der Waals surface area contributed by atoms with Gasteiger partial charge in [0.15, 0.2) is 0 Å². The maximum absolute atomic E-state index is 13.9. The van der Waals surface area contributed by atoms with Crippen molar-refractivity contribution in [2.45, 2.75) is 96.3 Å². The van der Waals surface area contributed by atoms with Crippen LogP contribution in [0.5, 0.6) is 0 Å². The van der Waals surface area contributed by atoms with Gasteiger partial charge in [-0.3, -0.25) is 0 Å². The van der Waals surface area contributed by atoms with Crippen LogP contribution in [0.3, 0.4) is 0 Å². The van der Waals surface area contributed by atoms with Gasteiger partial charge in [-0.15, -0.1) is 32.9 Å². The normalized spacial score (nSPS) is 12.2. The quantitative estimate of drug-likeness (QED) is 0.0257. The topological polar surface area (TPSA) is 135 Å². The standard InChI is InChI=1S/C40H56O10/c1-6-11-16-21-26-46-36(41)31-32(37(42)47-27-22-17-12-7-2)34(39(44)49-29-24-19-14-9-4)35(40(45)50-30-25-20-15-10-5)33(31)38(43)48-28-23-18-13-8-3/h6-10,41H,1-5,11-30H2. The molecule has 1 aliphatic rings. The molecule has 0 radical (unpaired) electrons. The molecule has 50 heavy (non-hydrogen) atoms. The smallest absolute Gasteiger partial charge is 0.339 e. The molecule has 0 aromatic carbocycles. The Morgan fingerprint density at radius 3 is 0.900 bits per heavy atom. The van der Waals surface area contributed by atoms with E-state index in [2.05, 4.69) is 32.9 Å². The molecule has 0 fully saturated rings. The lowest BCUT2D eigenvalue weighted by atomic mass is 10.0. The van der Waals surface area contributed by atoms with Gasteiger partial charge in [0.2, 0.25) is 0 Å². The summed E-state index contributed by atoms with van der Waals surface area (Å²) in [4.78, 5) is 55.4. The van der Waals surface area contributed by atoms with Gasteiger partial charge in [-0.1, -0.05) is 30.4 Å². The van der Waals surface area contributed by atoms with Gasteiger partial charge in [0.1, 0.15) is 0 Å². The first-order valence-corrected chi connectivity index (χ1v) is 17.6. The van der Waals surface area contributed by atoms with Crippen LogP contribution in [0, 0.1) is 0 Å². The minimum atomic E-state index is -1.06. The molecular weight excluding hydrogens is 640 g/mol. The van der Waals surface area contributed by atoms with Gasteiger partial charge in [0.25, 0.3) is 5.95 Å². The Kier molecular flexibility index (Phi) is 23.7. The van der Waals surface area contributed by atoms with E-state index in [4.69, 9.17) is 23.7 Å². The molecule has 1 aliphatic carbocycles. The van der Waals surface area contributed by atoms with Gasteiger partial charge >= 0.3 is 23.9 Å². The first kappa shape index (κ1) is 43.4. The number of hydrogen-bond acceptors (Lipinski definition) is 10. The van der Waals surface area contributed by atoms with Crippen LogP contribution in [0.2, 0.25) is 0 Å². The largest absolute Gasteiger partial charge is 0.481 e. The Hall–Kier alpha value is -4.60. The number of esters is 4. The molecule has 0 saturated heterocycles. The molecule has 0 saturated carbocycles. The third-order valence-electron chi connectivity index (χ3n) is 7.46. The Labute approximate surface area is 297 Å². The highest BCUT2D eigenvalue weighted by molar-refractivity contribution is 6.23. The van der Waals surface area contributed by atoms with Gasteiger partial charge < -0.3 is 28.8 Å². The lowest BCUT2D eigenvalue weighted by molar-refractivity contribution is -0.144. The van der Waals surface area contributed by atoms with E-state index in [1.807, 2.05) is 0 Å². The highest BCUT2D eigenvalue weighted by Crippen LogP contribution is 2.42. The highest BCUT2D eigenvalue weighted by Gasteiger charge is 2.47. The second-order valence-electron chi connectivity index (χ2n) is 11.5. The molecule has 0 unspecified atom stereocenters. The zero-order valence-corrected chi connectivity index (χ0v) is 29.7. The summed E-state index contributed by atoms with van der Waals surface area (Å²) in [7, 11) is 0. The third kappa shape index (κ3) is 15.7. The van der Waals surface area contributed by atoms with E-state index in [0.29, 0.717) is 96.3 Å². The van der Waals surface area contributed by atoms with Crippen LogP contribution in [0.25, 0.3) is 0 Å². The number of aliphatic hydroxyl groups excluding tert-OH is 1. The average molecular weight is 697 g/mol. The molecule has 10 heteroatoms. The zero-order valence-electron chi connectivity index (χ0n) is 29.7. The minimum absolute atomic E-state index is 0.00308. The van der Waals surface area contributed by atoms with Gasteiger partial charge in [-0.2, -0.15) is 0 Å². The Morgan fingerprint density at radius 1 is 0.400 bits per heavy atom. The highest BCUT2D eigenvalue weighted by atomic mass is 16.6. The van der Waals surface area contributed by atoms with Crippen LogP contribution in [0.1, 0.15) is 96.3 Å². The van der Waals surface area contributed by atoms with Crippen molar-refractivity contribution in [3.05, 3.63) is 97.1 Å². The van der Waals surface area contributed by atoms with Gasteiger partial charge in [-0.05, 0) is 96.3 Å². The third-order valence-corrected chi connectivity index (χ3v) is 7.46. The van der Waals surface area contributed by atoms with Crippen LogP contribution in [-0.4, -0.2) is 62.0 Å². The Morgan fingerprint density at radius 2 is 0.640 bits per heavy atom. The molecule has 10 nitrogen and oxygen atoms in total. The first-order chi connectivity index (χ1) is 24.3. The number of hydrogen-bond donors (Lipinski definition) is 1. The summed E-state index contributed by atoms with van der Waals surface area (Å²) >= 11 is 0. The number of carbonyl (C=O) groups is 4. The van der Waals surface area contributed by atoms with Crippen LogP contribution < -0.4 is 0 Å². The second kappa shape index (κ2) is 27.2. The van der Waals surface area contributed by atoms with Crippen molar-refractivity contribution in [1.82, 2.24) is 0 Å². The Bertz CT molecular complexity index is 1180. The number of allylic oxidation sites excluding steroid dienone is 5. The van der Waals surface area contributed by atoms with E-state index in [1.165, 1.54) is 0 Å². The predicted octanol–water partition coefficient (Wildman–Crippen LogP) is 8.33. The fourth-order valence-corrected chi connectivity index (χ4v) is 4.80. The summed E-state index contributed by atoms with van der Waals surface area (Å²) in [6.45, 7) is 18.3. The van der Waals surface area contributed by atoms with E-state index >= 15 is 0 Å². The van der Waals surface area contributed by atoms with Crippen molar-refractivity contribution in [3.63, 3.8) is 0 Å². The lowest BCUT2D eigenvalue weighted by Gasteiger charge is -2.14. The van der Waals surface area contributed by atoms with E-state index in [9.17, 15) is 24.3 Å². The average Bonchev–Trinajstić information content (AvgIpc) is 3.48. The van der Waals surface area contributed by atoms with Crippen molar-refractivity contribution >= 4 is 23.9 Å². The van der Waals surface area contributed by atoms with E-state index < -0.39 is 57.7 Å². The monoisotopic (exact) mass is 696 g/mol. The fourth-order valence-electron chi connectivity index (χ4n) is 4.80. The number of rotatable bonds is 30. The van der Waals surface area contributed by atoms with Crippen molar-refractivity contribution in [1.29, 1.82) is 0 Å². The molecule has 0 aromatic heterocycles. The van der Waals surface area contributed by atoms with E-state index in [-0.39, 0.29) is 33.0 Å². The maximum atomic E-state index is 13.9. The maximum Gasteiger partial charge on any atom is 0.339 e. The van der Waals surface area contributed by atoms with E-state index in [0.717, 1.165) is 0 Å². The Balaban J connectivity index is 3.84. The summed E-state index contributed by atoms with van der Waals surface area (Å²) in [5, 5.41) is 11.4. The summed E-state index contributed by atoms with van der Waals surface area (Å²) < 4.78 is 27.8. The summed E-state index contributed by atoms with van der Waals surface area (Å²) in [5.41, 5.74) is -2.68. The molecule has 1 N–H and O–H groups in total. The molecule has 0 atom stereocenters. The predicted molar refractivity (Wildman–Crippen MR) is 194 cm³/mol. The summed E-state index contributed by atoms with van der Waals surface area (Å²) in [6.07, 6.45) is 18.0. The molecule has 0 bridgehead atoms. The number of unbranched alkanes of at least 4 members (excludes halogenated alkanes) is 10. The van der Waals surface area contributed by atoms with Crippen molar-refractivity contribution in [2.24, 2.45) is 0 Å². The first-order valence-electron chi connectivity index (χ1n) is 17.6. The van der Waals surface area contributed by atoms with Crippen LogP contribution in [0.4, 0.5) is 0 Å². The van der Waals surface area contributed by atoms with Crippen molar-refractivity contribution < 1.29 is 48.0 Å². The lowest BCUT2D eigenvalue weighted by Crippen LogP contribution is -2.21. The van der Waals surface area contributed by atoms with Crippen LogP contribution >= 0.6 is 0 Å². The van der Waals surface area contributed by atoms with Gasteiger partial charge in [-0.25, -0.2) is 19.2 Å². The molecule has 0 aliphatic heterocycles. The number of carbonyl (C=O) groups excluding carboxylic acids is 4. The number of aliphatic hydroxyl groups is 1. The van der Waals surface area contributed by atoms with E-state index in [1.54, 1.807) is 30.4 Å². The molecule has 0 aromatic rings. The molecule has 0 amide bonds. The number of ether oxygens (including phenoxy) is 5. The van der Waals surface area contributed by atoms with Crippen LogP contribution in [0.15, 0.2) is 97.1 Å². The zero-order chi connectivity index (χ0) is 37.0. The van der Waals surface area contributed by atoms with Crippen molar-refractivity contribution in [2.75, 3.05) is 33.0 Å². The molecule has 276 valence electrons. The SMILES string of the molecule is C=CCCCCOC(=O)C1=C(C(=O)OCCCCC=C)C(C(=O)OCCCCC=C)=C(C(=O)OCCCCC=C)C1=C(O)OCCCCC=C. The van der Waals surface area contributed by atoms with Crippen LogP contribution in [-0.2, 0) is 42.9 Å². The summed E-state index contributed by atoms with van der Waals surface area (Å²) in [6, 6.07) is 0. The second-order valence-corrected chi connectivity index (χ2v) is 11.5. The van der Waals surface area contributed by atoms with Gasteiger partial charge in [0.05, 0.1) is 60.9 Å².